The van der Waals surface area contributed by atoms with E-state index in [4.69, 9.17) is 14.2 Å². The van der Waals surface area contributed by atoms with Crippen LogP contribution in [0.15, 0.2) is 48.6 Å². The molecule has 0 aromatic heterocycles. The topological polar surface area (TPSA) is 200 Å². The van der Waals surface area contributed by atoms with Gasteiger partial charge in [0, 0.05) is 25.0 Å². The van der Waals surface area contributed by atoms with E-state index in [2.05, 4.69) is 0 Å². The first-order valence-electron chi connectivity index (χ1n) is 12.8. The molecule has 2 aromatic rings. The lowest BCUT2D eigenvalue weighted by atomic mass is 9.79. The Morgan fingerprint density at radius 2 is 1.29 bits per heavy atom. The number of aromatic hydroxyl groups is 4. The zero-order valence-electron chi connectivity index (χ0n) is 22.2. The molecular weight excluding hydrogens is 540 g/mol. The lowest BCUT2D eigenvalue weighted by molar-refractivity contribution is -0.206. The average Bonchev–Trinajstić information content (AvgIpc) is 2.92. The monoisotopic (exact) mass is 572 g/mol. The Morgan fingerprint density at radius 3 is 1.71 bits per heavy atom. The summed E-state index contributed by atoms with van der Waals surface area (Å²) >= 11 is 0. The smallest absolute Gasteiger partial charge is 0.338 e. The summed E-state index contributed by atoms with van der Waals surface area (Å²) in [5, 5.41) is 60.1. The van der Waals surface area contributed by atoms with E-state index in [1.165, 1.54) is 48.6 Å². The number of rotatable bonds is 10. The van der Waals surface area contributed by atoms with E-state index in [0.717, 1.165) is 18.6 Å². The molecule has 0 bridgehead atoms. The van der Waals surface area contributed by atoms with Crippen molar-refractivity contribution >= 4 is 30.1 Å². The van der Waals surface area contributed by atoms with Crippen LogP contribution >= 0.6 is 0 Å². The molecule has 0 saturated heterocycles. The van der Waals surface area contributed by atoms with E-state index in [0.29, 0.717) is 17.5 Å². The minimum Gasteiger partial charge on any atom is -0.504 e. The Balaban J connectivity index is 1.76. The van der Waals surface area contributed by atoms with Gasteiger partial charge >= 0.3 is 17.9 Å². The third kappa shape index (κ3) is 8.47. The van der Waals surface area contributed by atoms with Gasteiger partial charge in [-0.3, -0.25) is 0 Å². The van der Waals surface area contributed by atoms with Crippen molar-refractivity contribution in [2.45, 2.75) is 56.5 Å². The number of carbonyl (C=O) groups is 3. The molecule has 0 amide bonds. The van der Waals surface area contributed by atoms with Crippen molar-refractivity contribution in [3.8, 4) is 23.0 Å². The predicted molar refractivity (Wildman–Crippen MR) is 143 cm³/mol. The zero-order valence-corrected chi connectivity index (χ0v) is 22.2. The fraction of sp³-hybridized carbons (Fsp3) is 0.345. The molecule has 0 heterocycles. The molecule has 0 aliphatic heterocycles. The maximum atomic E-state index is 12.8. The van der Waals surface area contributed by atoms with Gasteiger partial charge in [-0.15, -0.1) is 0 Å². The lowest BCUT2D eigenvalue weighted by Gasteiger charge is -2.41. The number of phenolic OH excluding ortho intramolecular Hbond substituents is 4. The second-order valence-electron chi connectivity index (χ2n) is 9.53. The highest BCUT2D eigenvalue weighted by Crippen LogP contribution is 2.34. The first kappa shape index (κ1) is 31.0. The number of benzene rings is 2. The van der Waals surface area contributed by atoms with Gasteiger partial charge in [0.1, 0.15) is 18.3 Å². The number of esters is 3. The van der Waals surface area contributed by atoms with Crippen molar-refractivity contribution in [3.63, 3.8) is 0 Å². The number of phenols is 4. The van der Waals surface area contributed by atoms with Crippen molar-refractivity contribution in [2.75, 3.05) is 6.61 Å². The molecule has 1 aliphatic carbocycles. The van der Waals surface area contributed by atoms with Gasteiger partial charge in [0.25, 0.3) is 0 Å². The maximum Gasteiger partial charge on any atom is 0.338 e. The summed E-state index contributed by atoms with van der Waals surface area (Å²) < 4.78 is 15.8. The number of aliphatic hydroxyl groups excluding tert-OH is 1. The van der Waals surface area contributed by atoms with Crippen molar-refractivity contribution < 1.29 is 59.2 Å². The highest BCUT2D eigenvalue weighted by atomic mass is 16.6. The largest absolute Gasteiger partial charge is 0.504 e. The Bertz CT molecular complexity index is 1230. The molecule has 1 saturated carbocycles. The number of unbranched alkanes of at least 4 members (excludes halogenated alkanes) is 1. The lowest BCUT2D eigenvalue weighted by Crippen LogP contribution is -2.58. The van der Waals surface area contributed by atoms with E-state index in [9.17, 15) is 45.0 Å². The Kier molecular flexibility index (Phi) is 10.3. The van der Waals surface area contributed by atoms with Crippen molar-refractivity contribution in [2.24, 2.45) is 0 Å². The number of hydrogen-bond donors (Lipinski definition) is 6. The second kappa shape index (κ2) is 13.7. The molecule has 0 spiro atoms. The van der Waals surface area contributed by atoms with E-state index in [-0.39, 0.29) is 18.1 Å². The van der Waals surface area contributed by atoms with Crippen LogP contribution < -0.4 is 0 Å². The minimum atomic E-state index is -2.25. The van der Waals surface area contributed by atoms with E-state index in [1.54, 1.807) is 0 Å². The molecule has 2 atom stereocenters. The Labute approximate surface area is 235 Å². The fourth-order valence-corrected chi connectivity index (χ4v) is 4.06. The highest BCUT2D eigenvalue weighted by Gasteiger charge is 2.53. The van der Waals surface area contributed by atoms with Gasteiger partial charge in [-0.2, -0.15) is 0 Å². The van der Waals surface area contributed by atoms with Gasteiger partial charge in [0.2, 0.25) is 0 Å². The van der Waals surface area contributed by atoms with Gasteiger partial charge < -0.3 is 44.8 Å². The van der Waals surface area contributed by atoms with E-state index >= 15 is 0 Å². The number of aliphatic hydroxyl groups is 2. The summed E-state index contributed by atoms with van der Waals surface area (Å²) in [6.07, 6.45) is 0.107. The van der Waals surface area contributed by atoms with Crippen LogP contribution in [0.3, 0.4) is 0 Å². The molecule has 2 aromatic carbocycles. The number of hydrogen-bond acceptors (Lipinski definition) is 12. The standard InChI is InChI=1S/C29H32O12/c1-2-3-12-39-28(37)29(38)15-23(40-25(34)10-6-17-4-8-19(30)21(32)13-17)27(36)24(16-29)41-26(35)11-7-18-5-9-20(31)22(33)14-18/h4-11,13-14,23-24,27,30-33,36,38H,2-3,12,15-16H2,1H3. The number of ether oxygens (including phenoxy) is 3. The van der Waals surface area contributed by atoms with Gasteiger partial charge in [0.05, 0.1) is 6.61 Å². The molecule has 1 aliphatic rings. The van der Waals surface area contributed by atoms with Crippen molar-refractivity contribution in [1.82, 2.24) is 0 Å². The molecule has 0 radical (unpaired) electrons. The third-order valence-electron chi connectivity index (χ3n) is 6.31. The Hall–Kier alpha value is -4.55. The predicted octanol–water partition coefficient (Wildman–Crippen LogP) is 2.29. The van der Waals surface area contributed by atoms with Crippen LogP contribution in [0.5, 0.6) is 23.0 Å². The summed E-state index contributed by atoms with van der Waals surface area (Å²) in [6.45, 7) is 1.91. The fourth-order valence-electron chi connectivity index (χ4n) is 4.06. The quantitative estimate of drug-likeness (QED) is 0.0799. The van der Waals surface area contributed by atoms with Crippen LogP contribution in [0.25, 0.3) is 12.2 Å². The summed E-state index contributed by atoms with van der Waals surface area (Å²) in [7, 11) is 0. The van der Waals surface area contributed by atoms with Crippen LogP contribution in [0.1, 0.15) is 43.7 Å². The molecule has 3 rings (SSSR count). The van der Waals surface area contributed by atoms with Crippen LogP contribution in [0, 0.1) is 0 Å². The molecule has 41 heavy (non-hydrogen) atoms. The summed E-state index contributed by atoms with van der Waals surface area (Å²) in [4.78, 5) is 37.8. The first-order valence-corrected chi connectivity index (χ1v) is 12.8. The minimum absolute atomic E-state index is 0.0273. The second-order valence-corrected chi connectivity index (χ2v) is 9.53. The van der Waals surface area contributed by atoms with Gasteiger partial charge in [-0.05, 0) is 54.0 Å². The van der Waals surface area contributed by atoms with E-state index in [1.807, 2.05) is 6.92 Å². The normalized spacial score (nSPS) is 22.5. The molecule has 12 heteroatoms. The zero-order chi connectivity index (χ0) is 30.2. The molecule has 6 N–H and O–H groups in total. The van der Waals surface area contributed by atoms with Gasteiger partial charge in [0.15, 0.2) is 28.6 Å². The summed E-state index contributed by atoms with van der Waals surface area (Å²) in [5.74, 6) is -4.48. The van der Waals surface area contributed by atoms with Crippen molar-refractivity contribution in [1.29, 1.82) is 0 Å². The van der Waals surface area contributed by atoms with E-state index < -0.39 is 66.2 Å². The van der Waals surface area contributed by atoms with Gasteiger partial charge in [-0.25, -0.2) is 14.4 Å². The van der Waals surface area contributed by atoms with Crippen molar-refractivity contribution in [3.05, 3.63) is 59.7 Å². The molecular formula is C29H32O12. The van der Waals surface area contributed by atoms with Crippen LogP contribution in [0.4, 0.5) is 0 Å². The molecule has 220 valence electrons. The first-order chi connectivity index (χ1) is 19.4. The maximum absolute atomic E-state index is 12.8. The van der Waals surface area contributed by atoms with Gasteiger partial charge in [-0.1, -0.05) is 25.5 Å². The molecule has 2 unspecified atom stereocenters. The molecule has 12 nitrogen and oxygen atoms in total. The van der Waals surface area contributed by atoms with Crippen LogP contribution in [-0.2, 0) is 28.6 Å². The summed E-state index contributed by atoms with van der Waals surface area (Å²) in [6, 6.07) is 7.66. The SMILES string of the molecule is CCCCOC(=O)C1(O)CC(OC(=O)C=Cc2ccc(O)c(O)c2)C(O)C(OC(=O)C=Cc2ccc(O)c(O)c2)C1. The van der Waals surface area contributed by atoms with Crippen LogP contribution in [-0.4, -0.2) is 79.1 Å². The highest BCUT2D eigenvalue weighted by molar-refractivity contribution is 5.88. The number of carbonyl (C=O) groups excluding carboxylic acids is 3. The Morgan fingerprint density at radius 1 is 0.829 bits per heavy atom. The van der Waals surface area contributed by atoms with Crippen LogP contribution in [0.2, 0.25) is 0 Å². The summed E-state index contributed by atoms with van der Waals surface area (Å²) in [5.41, 5.74) is -1.56. The molecule has 1 fully saturated rings. The third-order valence-corrected chi connectivity index (χ3v) is 6.31. The average molecular weight is 573 g/mol.